The number of anilines is 1. The molecule has 0 spiro atoms. The number of hydrogen-bond donors (Lipinski definition) is 2. The lowest BCUT2D eigenvalue weighted by Gasteiger charge is -2.29. The molecule has 0 aromatic heterocycles. The summed E-state index contributed by atoms with van der Waals surface area (Å²) >= 11 is 0. The van der Waals surface area contributed by atoms with Crippen LogP contribution in [0.3, 0.4) is 0 Å². The molecule has 16 heavy (non-hydrogen) atoms. The largest absolute Gasteiger partial charge is 0.366 e. The van der Waals surface area contributed by atoms with E-state index in [2.05, 4.69) is 34.5 Å². The monoisotopic (exact) mass is 217 g/mol. The first-order chi connectivity index (χ1) is 7.86. The Morgan fingerprint density at radius 1 is 1.31 bits per heavy atom. The smallest absolute Gasteiger partial charge is 0.0430 e. The van der Waals surface area contributed by atoms with Crippen LogP contribution in [0.4, 0.5) is 5.69 Å². The molecule has 0 saturated carbocycles. The van der Waals surface area contributed by atoms with Crippen LogP contribution < -0.4 is 16.0 Å². The Labute approximate surface area is 96.6 Å². The molecule has 3 rings (SSSR count). The van der Waals surface area contributed by atoms with Gasteiger partial charge in [-0.25, -0.2) is 0 Å². The number of hydrogen-bond acceptors (Lipinski definition) is 3. The molecule has 2 fully saturated rings. The molecule has 2 heterocycles. The molecule has 1 aromatic rings. The minimum absolute atomic E-state index is 0.713. The van der Waals surface area contributed by atoms with Gasteiger partial charge in [0.1, 0.15) is 0 Å². The average molecular weight is 217 g/mol. The summed E-state index contributed by atoms with van der Waals surface area (Å²) in [6, 6.07) is 10.3. The van der Waals surface area contributed by atoms with E-state index in [1.54, 1.807) is 0 Å². The summed E-state index contributed by atoms with van der Waals surface area (Å²) in [5.74, 6) is 0. The summed E-state index contributed by atoms with van der Waals surface area (Å²) in [4.78, 5) is 2.54. The van der Waals surface area contributed by atoms with E-state index < -0.39 is 0 Å². The second-order valence-electron chi connectivity index (χ2n) is 4.85. The van der Waals surface area contributed by atoms with Crippen molar-refractivity contribution in [2.75, 3.05) is 24.5 Å². The quantitative estimate of drug-likeness (QED) is 0.784. The van der Waals surface area contributed by atoms with Gasteiger partial charge in [0.2, 0.25) is 0 Å². The topological polar surface area (TPSA) is 41.3 Å². The van der Waals surface area contributed by atoms with Crippen LogP contribution in [0.2, 0.25) is 0 Å². The van der Waals surface area contributed by atoms with Crippen molar-refractivity contribution in [3.8, 4) is 0 Å². The molecule has 2 unspecified atom stereocenters. The van der Waals surface area contributed by atoms with Gasteiger partial charge in [-0.15, -0.1) is 0 Å². The number of rotatable bonds is 3. The Bertz CT molecular complexity index is 360. The van der Waals surface area contributed by atoms with Crippen molar-refractivity contribution in [3.63, 3.8) is 0 Å². The van der Waals surface area contributed by atoms with Crippen LogP contribution in [0.25, 0.3) is 0 Å². The Kier molecular flexibility index (Phi) is 2.58. The number of piperazine rings is 1. The van der Waals surface area contributed by atoms with Gasteiger partial charge in [-0.3, -0.25) is 0 Å². The van der Waals surface area contributed by atoms with Gasteiger partial charge in [-0.2, -0.15) is 0 Å². The maximum absolute atomic E-state index is 5.55. The van der Waals surface area contributed by atoms with Crippen LogP contribution >= 0.6 is 0 Å². The number of nitrogens with two attached hydrogens (primary N) is 1. The van der Waals surface area contributed by atoms with E-state index in [0.717, 1.165) is 19.5 Å². The van der Waals surface area contributed by atoms with Gasteiger partial charge >= 0.3 is 0 Å². The predicted octanol–water partition coefficient (Wildman–Crippen LogP) is 0.738. The molecule has 86 valence electrons. The summed E-state index contributed by atoms with van der Waals surface area (Å²) in [5.41, 5.74) is 8.26. The zero-order valence-electron chi connectivity index (χ0n) is 9.52. The SMILES string of the molecule is NCCc1ccc(N2CC3CC2CN3)cc1. The van der Waals surface area contributed by atoms with Crippen LogP contribution in [0.15, 0.2) is 24.3 Å². The molecule has 1 aromatic carbocycles. The Balaban J connectivity index is 1.75. The van der Waals surface area contributed by atoms with Crippen LogP contribution in [-0.4, -0.2) is 31.7 Å². The summed E-state index contributed by atoms with van der Waals surface area (Å²) < 4.78 is 0. The normalized spacial score (nSPS) is 27.7. The van der Waals surface area contributed by atoms with Gasteiger partial charge in [0.25, 0.3) is 0 Å². The molecule has 3 nitrogen and oxygen atoms in total. The highest BCUT2D eigenvalue weighted by molar-refractivity contribution is 5.51. The van der Waals surface area contributed by atoms with Crippen LogP contribution in [0.5, 0.6) is 0 Å². The number of fused-ring (bicyclic) bond motifs is 2. The van der Waals surface area contributed by atoms with E-state index in [1.165, 1.54) is 24.2 Å². The summed E-state index contributed by atoms with van der Waals surface area (Å²) in [5, 5.41) is 3.53. The molecule has 2 atom stereocenters. The third kappa shape index (κ3) is 1.70. The third-order valence-corrected chi connectivity index (χ3v) is 3.76. The minimum atomic E-state index is 0.713. The van der Waals surface area contributed by atoms with E-state index in [4.69, 9.17) is 5.73 Å². The van der Waals surface area contributed by atoms with Crippen molar-refractivity contribution in [3.05, 3.63) is 29.8 Å². The molecular weight excluding hydrogens is 198 g/mol. The fourth-order valence-corrected chi connectivity index (χ4v) is 2.90. The van der Waals surface area contributed by atoms with E-state index in [-0.39, 0.29) is 0 Å². The first-order valence-corrected chi connectivity index (χ1v) is 6.16. The predicted molar refractivity (Wildman–Crippen MR) is 66.7 cm³/mol. The lowest BCUT2D eigenvalue weighted by molar-refractivity contribution is 0.580. The van der Waals surface area contributed by atoms with E-state index in [1.807, 2.05) is 0 Å². The van der Waals surface area contributed by atoms with Crippen molar-refractivity contribution >= 4 is 5.69 Å². The number of benzene rings is 1. The third-order valence-electron chi connectivity index (χ3n) is 3.76. The average Bonchev–Trinajstić information content (AvgIpc) is 2.92. The number of nitrogens with zero attached hydrogens (tertiary/aromatic N) is 1. The fraction of sp³-hybridized carbons (Fsp3) is 0.538. The molecule has 0 aliphatic carbocycles. The standard InChI is InChI=1S/C13H19N3/c14-6-5-10-1-3-12(4-2-10)16-9-11-7-13(16)8-15-11/h1-4,11,13,15H,5-9,14H2. The highest BCUT2D eigenvalue weighted by Crippen LogP contribution is 2.29. The second-order valence-corrected chi connectivity index (χ2v) is 4.85. The second kappa shape index (κ2) is 4.07. The molecule has 2 saturated heterocycles. The zero-order valence-corrected chi connectivity index (χ0v) is 9.52. The van der Waals surface area contributed by atoms with Gasteiger partial charge in [-0.1, -0.05) is 12.1 Å². The highest BCUT2D eigenvalue weighted by Gasteiger charge is 2.37. The lowest BCUT2D eigenvalue weighted by Crippen LogP contribution is -2.43. The van der Waals surface area contributed by atoms with E-state index >= 15 is 0 Å². The van der Waals surface area contributed by atoms with Crippen LogP contribution in [0, 0.1) is 0 Å². The van der Waals surface area contributed by atoms with Gasteiger partial charge in [-0.05, 0) is 37.1 Å². The van der Waals surface area contributed by atoms with Crippen LogP contribution in [0.1, 0.15) is 12.0 Å². The van der Waals surface area contributed by atoms with Gasteiger partial charge in [0.05, 0.1) is 0 Å². The Morgan fingerprint density at radius 2 is 2.12 bits per heavy atom. The molecular formula is C13H19N3. The van der Waals surface area contributed by atoms with Gasteiger partial charge < -0.3 is 16.0 Å². The molecule has 2 aliphatic heterocycles. The maximum atomic E-state index is 5.55. The van der Waals surface area contributed by atoms with Crippen molar-refractivity contribution in [1.82, 2.24) is 5.32 Å². The van der Waals surface area contributed by atoms with Crippen molar-refractivity contribution in [2.45, 2.75) is 24.9 Å². The minimum Gasteiger partial charge on any atom is -0.366 e. The molecule has 3 N–H and O–H groups in total. The number of nitrogens with one attached hydrogen (secondary N) is 1. The molecule has 2 aliphatic rings. The summed E-state index contributed by atoms with van der Waals surface area (Å²) in [6.07, 6.45) is 2.29. The molecule has 0 radical (unpaired) electrons. The van der Waals surface area contributed by atoms with Crippen LogP contribution in [-0.2, 0) is 6.42 Å². The Morgan fingerprint density at radius 3 is 2.69 bits per heavy atom. The van der Waals surface area contributed by atoms with Crippen molar-refractivity contribution < 1.29 is 0 Å². The summed E-state index contributed by atoms with van der Waals surface area (Å²) in [7, 11) is 0. The highest BCUT2D eigenvalue weighted by atomic mass is 15.3. The first-order valence-electron chi connectivity index (χ1n) is 6.16. The lowest BCUT2D eigenvalue weighted by atomic mass is 10.1. The van der Waals surface area contributed by atoms with Gasteiger partial charge in [0.15, 0.2) is 0 Å². The summed E-state index contributed by atoms with van der Waals surface area (Å²) in [6.45, 7) is 3.05. The van der Waals surface area contributed by atoms with Crippen molar-refractivity contribution in [1.29, 1.82) is 0 Å². The first kappa shape index (κ1) is 10.1. The molecule has 3 heteroatoms. The Hall–Kier alpha value is -1.06. The molecule has 0 amide bonds. The maximum Gasteiger partial charge on any atom is 0.0430 e. The van der Waals surface area contributed by atoms with E-state index in [0.29, 0.717) is 12.1 Å². The zero-order chi connectivity index (χ0) is 11.0. The van der Waals surface area contributed by atoms with E-state index in [9.17, 15) is 0 Å². The fourth-order valence-electron chi connectivity index (χ4n) is 2.90. The van der Waals surface area contributed by atoms with Gasteiger partial charge in [0, 0.05) is 30.9 Å². The molecule has 2 bridgehead atoms. The van der Waals surface area contributed by atoms with Crippen molar-refractivity contribution in [2.24, 2.45) is 5.73 Å².